The molecule has 2 rings (SSSR count). The van der Waals surface area contributed by atoms with Crippen molar-refractivity contribution in [3.63, 3.8) is 0 Å². The van der Waals surface area contributed by atoms with Crippen LogP contribution in [0.4, 0.5) is 0 Å². The van der Waals surface area contributed by atoms with Gasteiger partial charge >= 0.3 is 0 Å². The molecule has 1 amide bonds. The molecule has 1 aliphatic heterocycles. The first-order valence-corrected chi connectivity index (χ1v) is 10.3. The molecule has 0 aromatic rings. The Kier molecular flexibility index (Phi) is 5.43. The average Bonchev–Trinajstić information content (AvgIpc) is 2.45. The van der Waals surface area contributed by atoms with Gasteiger partial charge in [-0.1, -0.05) is 13.8 Å². The minimum Gasteiger partial charge on any atom is -0.375 e. The molecule has 134 valence electrons. The van der Waals surface area contributed by atoms with E-state index in [2.05, 4.69) is 19.2 Å². The van der Waals surface area contributed by atoms with Gasteiger partial charge in [-0.25, -0.2) is 12.7 Å². The van der Waals surface area contributed by atoms with E-state index >= 15 is 0 Å². The molecule has 0 unspecified atom stereocenters. The number of hydrogen-bond donors (Lipinski definition) is 1. The maximum atomic E-state index is 12.5. The van der Waals surface area contributed by atoms with Crippen molar-refractivity contribution in [1.29, 1.82) is 0 Å². The second-order valence-corrected chi connectivity index (χ2v) is 9.71. The number of sulfonamides is 1. The van der Waals surface area contributed by atoms with Crippen LogP contribution in [0.1, 0.15) is 47.0 Å². The Labute approximate surface area is 140 Å². The van der Waals surface area contributed by atoms with Crippen molar-refractivity contribution < 1.29 is 17.9 Å². The normalized spacial score (nSPS) is 29.3. The van der Waals surface area contributed by atoms with Gasteiger partial charge in [-0.05, 0) is 33.1 Å². The summed E-state index contributed by atoms with van der Waals surface area (Å²) in [7, 11) is -3.14. The molecule has 0 bridgehead atoms. The summed E-state index contributed by atoms with van der Waals surface area (Å²) in [5, 5.41) is 3.15. The van der Waals surface area contributed by atoms with Gasteiger partial charge in [0.1, 0.15) is 0 Å². The summed E-state index contributed by atoms with van der Waals surface area (Å²) in [6.07, 6.45) is 3.63. The summed E-state index contributed by atoms with van der Waals surface area (Å²) in [4.78, 5) is 12.5. The van der Waals surface area contributed by atoms with Crippen molar-refractivity contribution in [2.45, 2.75) is 65.2 Å². The minimum atomic E-state index is -3.14. The first kappa shape index (κ1) is 18.7. The quantitative estimate of drug-likeness (QED) is 0.816. The fraction of sp³-hybridized carbons (Fsp3) is 0.938. The van der Waals surface area contributed by atoms with Crippen LogP contribution in [0, 0.1) is 11.3 Å². The number of piperidine rings is 1. The SMILES string of the molecule is CC(C)O[C@H]1C[C@H](NC(=O)C2CCN(S(C)(=O)=O)CC2)C1(C)C. The molecular weight excluding hydrogens is 316 g/mol. The van der Waals surface area contributed by atoms with Crippen LogP contribution in [0.25, 0.3) is 0 Å². The molecule has 0 aromatic carbocycles. The molecule has 1 saturated heterocycles. The summed E-state index contributed by atoms with van der Waals surface area (Å²) in [6.45, 7) is 9.17. The van der Waals surface area contributed by atoms with Crippen LogP contribution in [0.5, 0.6) is 0 Å². The average molecular weight is 346 g/mol. The van der Waals surface area contributed by atoms with Crippen molar-refractivity contribution in [2.24, 2.45) is 11.3 Å². The van der Waals surface area contributed by atoms with Gasteiger partial charge in [0, 0.05) is 30.5 Å². The van der Waals surface area contributed by atoms with Crippen molar-refractivity contribution >= 4 is 15.9 Å². The van der Waals surface area contributed by atoms with Crippen LogP contribution < -0.4 is 5.32 Å². The molecular formula is C16H30N2O4S. The lowest BCUT2D eigenvalue weighted by Gasteiger charge is -2.52. The van der Waals surface area contributed by atoms with E-state index in [1.54, 1.807) is 0 Å². The molecule has 23 heavy (non-hydrogen) atoms. The topological polar surface area (TPSA) is 75.7 Å². The second kappa shape index (κ2) is 6.69. The fourth-order valence-electron chi connectivity index (χ4n) is 3.43. The zero-order chi connectivity index (χ0) is 17.4. The third-order valence-corrected chi connectivity index (χ3v) is 6.53. The largest absolute Gasteiger partial charge is 0.375 e. The first-order valence-electron chi connectivity index (χ1n) is 8.42. The van der Waals surface area contributed by atoms with Gasteiger partial charge in [0.25, 0.3) is 0 Å². The molecule has 7 heteroatoms. The number of rotatable bonds is 5. The molecule has 1 heterocycles. The predicted octanol–water partition coefficient (Wildman–Crippen LogP) is 1.37. The Balaban J connectivity index is 1.83. The lowest BCUT2D eigenvalue weighted by Crippen LogP contribution is -2.63. The Morgan fingerprint density at radius 2 is 1.83 bits per heavy atom. The molecule has 1 aliphatic carbocycles. The summed E-state index contributed by atoms with van der Waals surface area (Å²) < 4.78 is 30.4. The van der Waals surface area contributed by atoms with E-state index in [9.17, 15) is 13.2 Å². The van der Waals surface area contributed by atoms with Crippen molar-refractivity contribution in [2.75, 3.05) is 19.3 Å². The fourth-order valence-corrected chi connectivity index (χ4v) is 4.30. The highest BCUT2D eigenvalue weighted by atomic mass is 32.2. The summed E-state index contributed by atoms with van der Waals surface area (Å²) in [6, 6.07) is 0.131. The van der Waals surface area contributed by atoms with Crippen LogP contribution in [-0.4, -0.2) is 56.2 Å². The maximum Gasteiger partial charge on any atom is 0.223 e. The van der Waals surface area contributed by atoms with Gasteiger partial charge in [0.15, 0.2) is 0 Å². The van der Waals surface area contributed by atoms with E-state index in [0.717, 1.165) is 6.42 Å². The monoisotopic (exact) mass is 346 g/mol. The molecule has 2 aliphatic rings. The standard InChI is InChI=1S/C16H30N2O4S/c1-11(2)22-14-10-13(16(14,3)4)17-15(19)12-6-8-18(9-7-12)23(5,20)21/h11-14H,6-10H2,1-5H3,(H,17,19)/t13-,14-/m0/s1. The summed E-state index contributed by atoms with van der Waals surface area (Å²) in [5.41, 5.74) is -0.0621. The van der Waals surface area contributed by atoms with Crippen molar-refractivity contribution in [1.82, 2.24) is 9.62 Å². The van der Waals surface area contributed by atoms with Gasteiger partial charge in [-0.2, -0.15) is 0 Å². The summed E-state index contributed by atoms with van der Waals surface area (Å²) in [5.74, 6) is -0.0342. The summed E-state index contributed by atoms with van der Waals surface area (Å²) >= 11 is 0. The number of nitrogens with zero attached hydrogens (tertiary/aromatic N) is 1. The molecule has 6 nitrogen and oxygen atoms in total. The smallest absolute Gasteiger partial charge is 0.223 e. The number of amides is 1. The highest BCUT2D eigenvalue weighted by Gasteiger charge is 2.50. The molecule has 0 radical (unpaired) electrons. The highest BCUT2D eigenvalue weighted by molar-refractivity contribution is 7.88. The molecule has 0 aromatic heterocycles. The molecule has 0 spiro atoms. The van der Waals surface area contributed by atoms with E-state index in [0.29, 0.717) is 25.9 Å². The molecule has 1 N–H and O–H groups in total. The van der Waals surface area contributed by atoms with Crippen molar-refractivity contribution in [3.8, 4) is 0 Å². The van der Waals surface area contributed by atoms with E-state index in [4.69, 9.17) is 4.74 Å². The molecule has 2 fully saturated rings. The third-order valence-electron chi connectivity index (χ3n) is 5.22. The minimum absolute atomic E-state index is 0.0548. The second-order valence-electron chi connectivity index (χ2n) is 7.73. The van der Waals surface area contributed by atoms with Gasteiger partial charge in [0.05, 0.1) is 18.5 Å². The van der Waals surface area contributed by atoms with E-state index in [-0.39, 0.29) is 35.5 Å². The zero-order valence-corrected chi connectivity index (χ0v) is 15.6. The number of hydrogen-bond acceptors (Lipinski definition) is 4. The molecule has 2 atom stereocenters. The van der Waals surface area contributed by atoms with Crippen molar-refractivity contribution in [3.05, 3.63) is 0 Å². The van der Waals surface area contributed by atoms with Gasteiger partial charge in [0.2, 0.25) is 15.9 Å². The van der Waals surface area contributed by atoms with Crippen LogP contribution in [0.15, 0.2) is 0 Å². The first-order chi connectivity index (χ1) is 10.5. The van der Waals surface area contributed by atoms with E-state index < -0.39 is 10.0 Å². The van der Waals surface area contributed by atoms with E-state index in [1.807, 2.05) is 13.8 Å². The van der Waals surface area contributed by atoms with E-state index in [1.165, 1.54) is 10.6 Å². The van der Waals surface area contributed by atoms with Gasteiger partial charge in [-0.3, -0.25) is 4.79 Å². The van der Waals surface area contributed by atoms with Crippen LogP contribution >= 0.6 is 0 Å². The lowest BCUT2D eigenvalue weighted by atomic mass is 9.64. The number of ether oxygens (including phenoxy) is 1. The lowest BCUT2D eigenvalue weighted by molar-refractivity contribution is -0.150. The zero-order valence-electron chi connectivity index (χ0n) is 14.8. The van der Waals surface area contributed by atoms with Crippen LogP contribution in [-0.2, 0) is 19.6 Å². The Morgan fingerprint density at radius 3 is 2.26 bits per heavy atom. The predicted molar refractivity (Wildman–Crippen MR) is 89.5 cm³/mol. The highest BCUT2D eigenvalue weighted by Crippen LogP contribution is 2.43. The third kappa shape index (κ3) is 4.25. The van der Waals surface area contributed by atoms with Crippen LogP contribution in [0.2, 0.25) is 0 Å². The number of carbonyl (C=O) groups is 1. The Bertz CT molecular complexity index is 536. The van der Waals surface area contributed by atoms with Crippen LogP contribution in [0.3, 0.4) is 0 Å². The number of nitrogens with one attached hydrogen (secondary N) is 1. The molecule has 1 saturated carbocycles. The Hall–Kier alpha value is -0.660. The van der Waals surface area contributed by atoms with Gasteiger partial charge in [-0.15, -0.1) is 0 Å². The number of carbonyl (C=O) groups excluding carboxylic acids is 1. The maximum absolute atomic E-state index is 12.5. The van der Waals surface area contributed by atoms with Gasteiger partial charge < -0.3 is 10.1 Å². The Morgan fingerprint density at radius 1 is 1.26 bits per heavy atom.